The van der Waals surface area contributed by atoms with E-state index >= 15 is 0 Å². The molecular weight excluding hydrogens is 328 g/mol. The molecule has 0 atom stereocenters. The number of aliphatic hydroxyl groups is 1. The highest BCUT2D eigenvalue weighted by Gasteiger charge is 2.26. The lowest BCUT2D eigenvalue weighted by Gasteiger charge is -2.25. The molecule has 1 aliphatic heterocycles. The molecule has 2 aromatic carbocycles. The smallest absolute Gasteiger partial charge is 0.375 e. The second kappa shape index (κ2) is 6.08. The number of nitrogens with two attached hydrogens (primary N) is 1. The number of carbonyl (C=O) groups excluding carboxylic acids is 1. The Kier molecular flexibility index (Phi) is 3.94. The molecule has 2 aromatic rings. The Balaban J connectivity index is 2.12. The first kappa shape index (κ1) is 16.2. The van der Waals surface area contributed by atoms with E-state index in [1.54, 1.807) is 30.3 Å². The number of carboxylic acids is 1. The summed E-state index contributed by atoms with van der Waals surface area (Å²) in [6.45, 7) is 0. The standard InChI is InChI=1S/C17H14N2O6/c1-24-17(23)14(20)12(18)8-4-3-7-11-13(8)19-10-6-2-5-9(16(21)22)15(10)25-11/h2-7,19-20H,18H2,1H3,(H,21,22). The topological polar surface area (TPSA) is 131 Å². The van der Waals surface area contributed by atoms with Crippen LogP contribution in [0.1, 0.15) is 15.9 Å². The predicted molar refractivity (Wildman–Crippen MR) is 89.0 cm³/mol. The third kappa shape index (κ3) is 2.69. The van der Waals surface area contributed by atoms with Crippen molar-refractivity contribution in [2.45, 2.75) is 0 Å². The van der Waals surface area contributed by atoms with E-state index in [2.05, 4.69) is 10.1 Å². The number of carboxylic acid groups (broad SMARTS) is 1. The maximum Gasteiger partial charge on any atom is 0.375 e. The molecule has 0 fully saturated rings. The number of para-hydroxylation sites is 2. The Bertz CT molecular complexity index is 919. The van der Waals surface area contributed by atoms with Gasteiger partial charge in [0.1, 0.15) is 5.56 Å². The van der Waals surface area contributed by atoms with Crippen LogP contribution in [0.25, 0.3) is 5.70 Å². The van der Waals surface area contributed by atoms with Gasteiger partial charge in [0.25, 0.3) is 0 Å². The zero-order valence-corrected chi connectivity index (χ0v) is 13.1. The number of fused-ring (bicyclic) bond motifs is 2. The summed E-state index contributed by atoms with van der Waals surface area (Å²) in [5, 5.41) is 22.2. The summed E-state index contributed by atoms with van der Waals surface area (Å²) in [6, 6.07) is 9.42. The second-order valence-corrected chi connectivity index (χ2v) is 5.15. The molecule has 3 rings (SSSR count). The van der Waals surface area contributed by atoms with Gasteiger partial charge in [-0.1, -0.05) is 18.2 Å². The van der Waals surface area contributed by atoms with Gasteiger partial charge < -0.3 is 30.7 Å². The highest BCUT2D eigenvalue weighted by Crippen LogP contribution is 2.46. The molecule has 8 heteroatoms. The van der Waals surface area contributed by atoms with Gasteiger partial charge in [-0.2, -0.15) is 0 Å². The number of nitrogens with one attached hydrogen (secondary N) is 1. The van der Waals surface area contributed by atoms with Crippen molar-refractivity contribution in [1.29, 1.82) is 0 Å². The Morgan fingerprint density at radius 3 is 2.48 bits per heavy atom. The van der Waals surface area contributed by atoms with Crippen molar-refractivity contribution in [1.82, 2.24) is 0 Å². The van der Waals surface area contributed by atoms with Gasteiger partial charge in [0, 0.05) is 5.56 Å². The molecule has 8 nitrogen and oxygen atoms in total. The zero-order chi connectivity index (χ0) is 18.1. The number of anilines is 2. The molecule has 1 heterocycles. The highest BCUT2D eigenvalue weighted by atomic mass is 16.5. The molecule has 0 saturated carbocycles. The molecule has 25 heavy (non-hydrogen) atoms. The van der Waals surface area contributed by atoms with Crippen molar-refractivity contribution in [2.75, 3.05) is 12.4 Å². The first-order chi connectivity index (χ1) is 11.9. The lowest BCUT2D eigenvalue weighted by Crippen LogP contribution is -2.14. The number of aliphatic hydroxyl groups excluding tert-OH is 1. The summed E-state index contributed by atoms with van der Waals surface area (Å²) in [6.07, 6.45) is 0. The number of hydrogen-bond acceptors (Lipinski definition) is 7. The lowest BCUT2D eigenvalue weighted by atomic mass is 10.0. The van der Waals surface area contributed by atoms with Crippen LogP contribution in [0.3, 0.4) is 0 Å². The van der Waals surface area contributed by atoms with Gasteiger partial charge >= 0.3 is 11.9 Å². The summed E-state index contributed by atoms with van der Waals surface area (Å²) < 4.78 is 10.2. The minimum Gasteiger partial charge on any atom is -0.500 e. The molecule has 0 saturated heterocycles. The maximum atomic E-state index is 11.5. The Labute approximate surface area is 142 Å². The SMILES string of the molecule is COC(=O)C(O)=C(N)c1cccc2c1Nc1cccc(C(=O)O)c1O2. The van der Waals surface area contributed by atoms with Crippen molar-refractivity contribution < 1.29 is 29.3 Å². The Morgan fingerprint density at radius 2 is 1.80 bits per heavy atom. The molecule has 0 unspecified atom stereocenters. The van der Waals surface area contributed by atoms with Crippen molar-refractivity contribution in [3.05, 3.63) is 53.3 Å². The zero-order valence-electron chi connectivity index (χ0n) is 13.1. The quantitative estimate of drug-likeness (QED) is 0.324. The van der Waals surface area contributed by atoms with Gasteiger partial charge in [-0.05, 0) is 18.2 Å². The Hall–Kier alpha value is -3.68. The third-order valence-corrected chi connectivity index (χ3v) is 3.67. The largest absolute Gasteiger partial charge is 0.500 e. The summed E-state index contributed by atoms with van der Waals surface area (Å²) >= 11 is 0. The van der Waals surface area contributed by atoms with Crippen molar-refractivity contribution in [2.24, 2.45) is 5.73 Å². The van der Waals surface area contributed by atoms with Crippen molar-refractivity contribution in [3.63, 3.8) is 0 Å². The molecule has 0 aliphatic carbocycles. The number of aromatic carboxylic acids is 1. The average Bonchev–Trinajstić information content (AvgIpc) is 2.63. The van der Waals surface area contributed by atoms with E-state index in [0.717, 1.165) is 7.11 Å². The minimum absolute atomic E-state index is 0.00183. The fourth-order valence-corrected chi connectivity index (χ4v) is 2.46. The van der Waals surface area contributed by atoms with Crippen LogP contribution in [0, 0.1) is 0 Å². The molecule has 0 bridgehead atoms. The summed E-state index contributed by atoms with van der Waals surface area (Å²) in [5.74, 6) is -2.36. The van der Waals surface area contributed by atoms with E-state index in [0.29, 0.717) is 22.7 Å². The fraction of sp³-hybridized carbons (Fsp3) is 0.0588. The molecule has 0 amide bonds. The molecule has 128 valence electrons. The number of esters is 1. The van der Waals surface area contributed by atoms with E-state index in [1.165, 1.54) is 6.07 Å². The summed E-state index contributed by atoms with van der Waals surface area (Å²) in [7, 11) is 1.12. The maximum absolute atomic E-state index is 11.5. The van der Waals surface area contributed by atoms with Crippen LogP contribution >= 0.6 is 0 Å². The third-order valence-electron chi connectivity index (χ3n) is 3.67. The molecule has 5 N–H and O–H groups in total. The first-order valence-electron chi connectivity index (χ1n) is 7.15. The summed E-state index contributed by atoms with van der Waals surface area (Å²) in [5.41, 5.74) is 6.81. The van der Waals surface area contributed by atoms with Crippen LogP contribution in [0.4, 0.5) is 11.4 Å². The number of hydrogen-bond donors (Lipinski definition) is 4. The predicted octanol–water partition coefficient (Wildman–Crippen LogP) is 2.59. The van der Waals surface area contributed by atoms with Crippen LogP contribution < -0.4 is 15.8 Å². The first-order valence-corrected chi connectivity index (χ1v) is 7.15. The van der Waals surface area contributed by atoms with Crippen LogP contribution in [-0.2, 0) is 9.53 Å². The fourth-order valence-electron chi connectivity index (χ4n) is 2.46. The van der Waals surface area contributed by atoms with Gasteiger partial charge in [0.05, 0.1) is 24.2 Å². The van der Waals surface area contributed by atoms with Gasteiger partial charge in [-0.25, -0.2) is 9.59 Å². The van der Waals surface area contributed by atoms with Gasteiger partial charge in [0.2, 0.25) is 5.76 Å². The average molecular weight is 342 g/mol. The Morgan fingerprint density at radius 1 is 1.12 bits per heavy atom. The van der Waals surface area contributed by atoms with Crippen molar-refractivity contribution >= 4 is 29.0 Å². The number of methoxy groups -OCH3 is 1. The van der Waals surface area contributed by atoms with E-state index in [1.807, 2.05) is 0 Å². The summed E-state index contributed by atoms with van der Waals surface area (Å²) in [4.78, 5) is 22.8. The molecule has 1 aliphatic rings. The molecule has 0 radical (unpaired) electrons. The van der Waals surface area contributed by atoms with Crippen LogP contribution in [0.2, 0.25) is 0 Å². The molecular formula is C17H14N2O6. The van der Waals surface area contributed by atoms with Gasteiger partial charge in [-0.3, -0.25) is 0 Å². The van der Waals surface area contributed by atoms with Crippen LogP contribution in [-0.4, -0.2) is 29.3 Å². The van der Waals surface area contributed by atoms with Crippen LogP contribution in [0.5, 0.6) is 11.5 Å². The normalized spacial score (nSPS) is 12.7. The van der Waals surface area contributed by atoms with E-state index < -0.39 is 17.7 Å². The van der Waals surface area contributed by atoms with Crippen molar-refractivity contribution in [3.8, 4) is 11.5 Å². The number of rotatable bonds is 3. The van der Waals surface area contributed by atoms with Crippen LogP contribution in [0.15, 0.2) is 42.2 Å². The van der Waals surface area contributed by atoms with E-state index in [4.69, 9.17) is 10.5 Å². The number of carbonyl (C=O) groups is 2. The van der Waals surface area contributed by atoms with E-state index in [9.17, 15) is 19.8 Å². The monoisotopic (exact) mass is 342 g/mol. The van der Waals surface area contributed by atoms with Gasteiger partial charge in [0.15, 0.2) is 11.5 Å². The van der Waals surface area contributed by atoms with Gasteiger partial charge in [-0.15, -0.1) is 0 Å². The molecule has 0 spiro atoms. The number of benzene rings is 2. The highest BCUT2D eigenvalue weighted by molar-refractivity contribution is 5.99. The molecule has 0 aromatic heterocycles. The minimum atomic E-state index is -1.12. The number of ether oxygens (including phenoxy) is 2. The second-order valence-electron chi connectivity index (χ2n) is 5.15. The lowest BCUT2D eigenvalue weighted by molar-refractivity contribution is -0.138. The van der Waals surface area contributed by atoms with E-state index in [-0.39, 0.29) is 17.0 Å².